The third-order valence-electron chi connectivity index (χ3n) is 3.96. The molecule has 3 heterocycles. The summed E-state index contributed by atoms with van der Waals surface area (Å²) in [4.78, 5) is 19.4. The van der Waals surface area contributed by atoms with E-state index in [-0.39, 0.29) is 12.1 Å². The Labute approximate surface area is 140 Å². The minimum Gasteiger partial charge on any atom is -0.487 e. The fraction of sp³-hybridized carbons (Fsp3) is 0.412. The van der Waals surface area contributed by atoms with Crippen LogP contribution >= 0.6 is 11.3 Å². The first-order valence-electron chi connectivity index (χ1n) is 7.85. The Balaban J connectivity index is 1.44. The summed E-state index contributed by atoms with van der Waals surface area (Å²) in [5, 5.41) is 5.09. The van der Waals surface area contributed by atoms with Gasteiger partial charge >= 0.3 is 6.03 Å². The number of pyridine rings is 1. The number of ether oxygens (including phenoxy) is 1. The van der Waals surface area contributed by atoms with Crippen molar-refractivity contribution >= 4 is 17.4 Å². The smallest absolute Gasteiger partial charge is 0.317 e. The van der Waals surface area contributed by atoms with Crippen molar-refractivity contribution in [2.45, 2.75) is 25.4 Å². The summed E-state index contributed by atoms with van der Waals surface area (Å²) in [5.74, 6) is 1.09. The highest BCUT2D eigenvalue weighted by Gasteiger charge is 2.27. The van der Waals surface area contributed by atoms with Crippen molar-refractivity contribution in [1.82, 2.24) is 15.2 Å². The van der Waals surface area contributed by atoms with Crippen molar-refractivity contribution in [3.8, 4) is 5.75 Å². The van der Waals surface area contributed by atoms with Crippen molar-refractivity contribution in [3.05, 3.63) is 46.9 Å². The molecule has 0 saturated carbocycles. The second-order valence-corrected chi connectivity index (χ2v) is 6.75. The number of carbonyl (C=O) groups is 1. The minimum atomic E-state index is -0.00862. The number of aromatic nitrogens is 1. The number of amides is 2. The van der Waals surface area contributed by atoms with Gasteiger partial charge in [-0.25, -0.2) is 4.79 Å². The largest absolute Gasteiger partial charge is 0.487 e. The van der Waals surface area contributed by atoms with Crippen molar-refractivity contribution < 1.29 is 9.53 Å². The van der Waals surface area contributed by atoms with Gasteiger partial charge in [-0.1, -0.05) is 13.0 Å². The molecule has 1 aliphatic heterocycles. The van der Waals surface area contributed by atoms with Gasteiger partial charge in [0.05, 0.1) is 12.7 Å². The van der Waals surface area contributed by atoms with Crippen LogP contribution in [0.2, 0.25) is 0 Å². The molecule has 2 atom stereocenters. The molecule has 1 fully saturated rings. The van der Waals surface area contributed by atoms with Gasteiger partial charge in [0.25, 0.3) is 0 Å². The Morgan fingerprint density at radius 1 is 1.52 bits per heavy atom. The van der Waals surface area contributed by atoms with E-state index in [4.69, 9.17) is 4.74 Å². The molecule has 2 amide bonds. The van der Waals surface area contributed by atoms with Crippen LogP contribution < -0.4 is 10.1 Å². The summed E-state index contributed by atoms with van der Waals surface area (Å²) in [6.07, 6.45) is 4.31. The minimum absolute atomic E-state index is 0.00862. The van der Waals surface area contributed by atoms with E-state index < -0.39 is 0 Å². The maximum Gasteiger partial charge on any atom is 0.317 e. The number of nitrogens with zero attached hydrogens (tertiary/aromatic N) is 2. The van der Waals surface area contributed by atoms with Crippen LogP contribution in [0.25, 0.3) is 0 Å². The Kier molecular flexibility index (Phi) is 5.12. The monoisotopic (exact) mass is 331 g/mol. The van der Waals surface area contributed by atoms with Gasteiger partial charge in [-0.3, -0.25) is 4.98 Å². The first-order chi connectivity index (χ1) is 11.2. The van der Waals surface area contributed by atoms with Gasteiger partial charge in [0, 0.05) is 36.5 Å². The predicted octanol–water partition coefficient (Wildman–Crippen LogP) is 3.11. The van der Waals surface area contributed by atoms with E-state index in [1.807, 2.05) is 23.1 Å². The Hall–Kier alpha value is -2.08. The van der Waals surface area contributed by atoms with Gasteiger partial charge in [-0.05, 0) is 23.6 Å². The van der Waals surface area contributed by atoms with Crippen molar-refractivity contribution in [2.75, 3.05) is 19.6 Å². The van der Waals surface area contributed by atoms with Crippen LogP contribution in [0.4, 0.5) is 4.79 Å². The number of rotatable bonds is 5. The second-order valence-electron chi connectivity index (χ2n) is 5.77. The molecule has 1 saturated heterocycles. The third kappa shape index (κ3) is 4.22. The van der Waals surface area contributed by atoms with Gasteiger partial charge in [0.2, 0.25) is 0 Å². The molecule has 0 aliphatic carbocycles. The highest BCUT2D eigenvalue weighted by molar-refractivity contribution is 7.10. The van der Waals surface area contributed by atoms with E-state index in [1.165, 1.54) is 4.88 Å². The summed E-state index contributed by atoms with van der Waals surface area (Å²) in [6.45, 7) is 4.13. The SMILES string of the molecule is C[C@H](CNC(=O)N1CC[C@H](Oc2cccnc2)C1)c1cccs1. The Morgan fingerprint density at radius 2 is 2.43 bits per heavy atom. The number of hydrogen-bond donors (Lipinski definition) is 1. The Bertz CT molecular complexity index is 618. The molecule has 0 unspecified atom stereocenters. The van der Waals surface area contributed by atoms with Crippen LogP contribution in [0.5, 0.6) is 5.75 Å². The van der Waals surface area contributed by atoms with E-state index in [2.05, 4.69) is 28.7 Å². The topological polar surface area (TPSA) is 54.5 Å². The van der Waals surface area contributed by atoms with Gasteiger partial charge < -0.3 is 15.0 Å². The van der Waals surface area contributed by atoms with Crippen LogP contribution in [-0.4, -0.2) is 41.7 Å². The average molecular weight is 331 g/mol. The molecule has 1 N–H and O–H groups in total. The first-order valence-corrected chi connectivity index (χ1v) is 8.73. The summed E-state index contributed by atoms with van der Waals surface area (Å²) in [6, 6.07) is 7.87. The fourth-order valence-corrected chi connectivity index (χ4v) is 3.43. The normalized spacial score (nSPS) is 18.7. The first kappa shape index (κ1) is 15.8. The van der Waals surface area contributed by atoms with Crippen LogP contribution in [0.1, 0.15) is 24.1 Å². The van der Waals surface area contributed by atoms with E-state index in [1.54, 1.807) is 23.7 Å². The van der Waals surface area contributed by atoms with Crippen molar-refractivity contribution in [1.29, 1.82) is 0 Å². The molecule has 2 aromatic heterocycles. The van der Waals surface area contributed by atoms with Crippen LogP contribution in [0.3, 0.4) is 0 Å². The van der Waals surface area contributed by atoms with Crippen LogP contribution in [-0.2, 0) is 0 Å². The number of nitrogens with one attached hydrogen (secondary N) is 1. The van der Waals surface area contributed by atoms with E-state index in [0.717, 1.165) is 18.7 Å². The summed E-state index contributed by atoms with van der Waals surface area (Å²) < 4.78 is 5.86. The Morgan fingerprint density at radius 3 is 3.17 bits per heavy atom. The molecule has 5 nitrogen and oxygen atoms in total. The molecule has 6 heteroatoms. The summed E-state index contributed by atoms with van der Waals surface area (Å²) in [7, 11) is 0. The van der Waals surface area contributed by atoms with Crippen LogP contribution in [0, 0.1) is 0 Å². The highest BCUT2D eigenvalue weighted by Crippen LogP contribution is 2.20. The third-order valence-corrected chi connectivity index (χ3v) is 5.06. The predicted molar refractivity (Wildman–Crippen MR) is 91.0 cm³/mol. The highest BCUT2D eigenvalue weighted by atomic mass is 32.1. The lowest BCUT2D eigenvalue weighted by atomic mass is 10.1. The molecular formula is C17H21N3O2S. The van der Waals surface area contributed by atoms with E-state index in [9.17, 15) is 4.79 Å². The molecule has 23 heavy (non-hydrogen) atoms. The molecule has 122 valence electrons. The number of likely N-dealkylation sites (tertiary alicyclic amines) is 1. The second kappa shape index (κ2) is 7.46. The average Bonchev–Trinajstić information content (AvgIpc) is 3.25. The lowest BCUT2D eigenvalue weighted by molar-refractivity contribution is 0.186. The molecular weight excluding hydrogens is 310 g/mol. The standard InChI is InChI=1S/C17H21N3O2S/c1-13(16-5-3-9-23-16)10-19-17(21)20-8-6-15(12-20)22-14-4-2-7-18-11-14/h2-5,7,9,11,13,15H,6,8,10,12H2,1H3,(H,19,21)/t13-,15+/m1/s1. The maximum atomic E-state index is 12.3. The van der Waals surface area contributed by atoms with Gasteiger partial charge in [0.15, 0.2) is 0 Å². The molecule has 1 aliphatic rings. The number of hydrogen-bond acceptors (Lipinski definition) is 4. The molecule has 0 bridgehead atoms. The van der Waals surface area contributed by atoms with Crippen LogP contribution in [0.15, 0.2) is 42.0 Å². The van der Waals surface area contributed by atoms with Crippen molar-refractivity contribution in [2.24, 2.45) is 0 Å². The van der Waals surface area contributed by atoms with Crippen molar-refractivity contribution in [3.63, 3.8) is 0 Å². The van der Waals surface area contributed by atoms with Gasteiger partial charge in [-0.2, -0.15) is 0 Å². The lowest BCUT2D eigenvalue weighted by Crippen LogP contribution is -2.40. The summed E-state index contributed by atoms with van der Waals surface area (Å²) in [5.41, 5.74) is 0. The van der Waals surface area contributed by atoms with E-state index >= 15 is 0 Å². The number of thiophene rings is 1. The number of carbonyl (C=O) groups excluding carboxylic acids is 1. The zero-order chi connectivity index (χ0) is 16.1. The van der Waals surface area contributed by atoms with Gasteiger partial charge in [-0.15, -0.1) is 11.3 Å². The quantitative estimate of drug-likeness (QED) is 0.916. The van der Waals surface area contributed by atoms with E-state index in [0.29, 0.717) is 19.0 Å². The maximum absolute atomic E-state index is 12.3. The number of urea groups is 1. The molecule has 2 aromatic rings. The molecule has 0 spiro atoms. The fourth-order valence-electron chi connectivity index (χ4n) is 2.64. The zero-order valence-corrected chi connectivity index (χ0v) is 14.0. The molecule has 0 radical (unpaired) electrons. The molecule has 3 rings (SSSR count). The molecule has 0 aromatic carbocycles. The van der Waals surface area contributed by atoms with Gasteiger partial charge in [0.1, 0.15) is 11.9 Å². The lowest BCUT2D eigenvalue weighted by Gasteiger charge is -2.19. The summed E-state index contributed by atoms with van der Waals surface area (Å²) >= 11 is 1.73. The zero-order valence-electron chi connectivity index (χ0n) is 13.1.